The average molecular weight is 708 g/mol. The Balaban J connectivity index is 0.835. The van der Waals surface area contributed by atoms with E-state index in [9.17, 15) is 19.2 Å². The van der Waals surface area contributed by atoms with Crippen molar-refractivity contribution in [1.29, 1.82) is 5.26 Å². The van der Waals surface area contributed by atoms with Crippen LogP contribution in [0.15, 0.2) is 66.9 Å². The standard InChI is InChI=1S/C37H34ClN7O6/c38-31-18-27(12-9-23(31)19-39)51-28-16-25(17-28)40-35(47)22-7-10-26(11-8-22)45-20-24(42-43-45)4-1-2-15-50-33-6-3-5-29-30(33)21-44(37(29)49)32-13-14-34(46)41-36(32)48/h3,5-12,18,20,25,28,32H,1-2,4,13-17,21H2,(H,40,47)(H,41,46,48). The number of aryl methyl sites for hydroxylation is 1. The molecule has 2 N–H and O–H groups in total. The molecule has 51 heavy (non-hydrogen) atoms. The number of halogens is 1. The van der Waals surface area contributed by atoms with Gasteiger partial charge in [0.05, 0.1) is 41.3 Å². The lowest BCUT2D eigenvalue weighted by molar-refractivity contribution is -0.136. The fourth-order valence-electron chi connectivity index (χ4n) is 6.49. The van der Waals surface area contributed by atoms with Gasteiger partial charge in [-0.15, -0.1) is 5.10 Å². The Bertz CT molecular complexity index is 2040. The van der Waals surface area contributed by atoms with E-state index in [2.05, 4.69) is 20.9 Å². The van der Waals surface area contributed by atoms with Crippen LogP contribution in [0.3, 0.4) is 0 Å². The molecule has 0 radical (unpaired) electrons. The zero-order valence-electron chi connectivity index (χ0n) is 27.5. The zero-order chi connectivity index (χ0) is 35.5. The van der Waals surface area contributed by atoms with Crippen molar-refractivity contribution in [3.63, 3.8) is 0 Å². The summed E-state index contributed by atoms with van der Waals surface area (Å²) in [6.45, 7) is 0.710. The number of piperidine rings is 1. The predicted octanol–water partition coefficient (Wildman–Crippen LogP) is 4.29. The number of ether oxygens (including phenoxy) is 2. The van der Waals surface area contributed by atoms with Crippen LogP contribution in [0.2, 0.25) is 5.02 Å². The van der Waals surface area contributed by atoms with Crippen molar-refractivity contribution >= 4 is 35.2 Å². The molecular formula is C37H34ClN7O6. The van der Waals surface area contributed by atoms with E-state index in [1.54, 1.807) is 47.1 Å². The molecule has 14 heteroatoms. The summed E-state index contributed by atoms with van der Waals surface area (Å²) in [5, 5.41) is 23.3. The quantitative estimate of drug-likeness (QED) is 0.161. The Hall–Kier alpha value is -5.74. The Labute approximate surface area is 298 Å². The van der Waals surface area contributed by atoms with E-state index < -0.39 is 11.9 Å². The van der Waals surface area contributed by atoms with Crippen molar-refractivity contribution in [2.24, 2.45) is 0 Å². The molecule has 3 heterocycles. The highest BCUT2D eigenvalue weighted by Crippen LogP contribution is 2.34. The molecule has 0 spiro atoms. The molecule has 1 atom stereocenters. The molecule has 3 aromatic carbocycles. The number of nitrogens with zero attached hydrogens (tertiary/aromatic N) is 5. The summed E-state index contributed by atoms with van der Waals surface area (Å²) < 4.78 is 13.7. The normalized spacial score (nSPS) is 19.5. The smallest absolute Gasteiger partial charge is 0.255 e. The van der Waals surface area contributed by atoms with Gasteiger partial charge in [-0.25, -0.2) is 4.68 Å². The summed E-state index contributed by atoms with van der Waals surface area (Å²) in [5.74, 6) is 0.0760. The van der Waals surface area contributed by atoms with Crippen LogP contribution in [0, 0.1) is 11.3 Å². The number of rotatable bonds is 12. The van der Waals surface area contributed by atoms with Gasteiger partial charge >= 0.3 is 0 Å². The van der Waals surface area contributed by atoms with Gasteiger partial charge in [0, 0.05) is 48.1 Å². The van der Waals surface area contributed by atoms with Crippen LogP contribution in [0.5, 0.6) is 11.5 Å². The van der Waals surface area contributed by atoms with Crippen molar-refractivity contribution in [3.8, 4) is 23.3 Å². The van der Waals surface area contributed by atoms with Crippen LogP contribution in [0.4, 0.5) is 0 Å². The Morgan fingerprint density at radius 1 is 1.08 bits per heavy atom. The number of amides is 4. The monoisotopic (exact) mass is 707 g/mol. The average Bonchev–Trinajstić information content (AvgIpc) is 3.72. The number of carbonyl (C=O) groups is 4. The largest absolute Gasteiger partial charge is 0.493 e. The first-order chi connectivity index (χ1) is 24.7. The number of nitrogens with one attached hydrogen (secondary N) is 2. The Morgan fingerprint density at radius 2 is 1.90 bits per heavy atom. The van der Waals surface area contributed by atoms with E-state index in [0.29, 0.717) is 65.5 Å². The molecule has 1 saturated heterocycles. The molecule has 1 saturated carbocycles. The summed E-state index contributed by atoms with van der Waals surface area (Å²) in [7, 11) is 0. The molecule has 2 aliphatic heterocycles. The van der Waals surface area contributed by atoms with Gasteiger partial charge < -0.3 is 19.7 Å². The highest BCUT2D eigenvalue weighted by Gasteiger charge is 2.40. The third-order valence-electron chi connectivity index (χ3n) is 9.35. The summed E-state index contributed by atoms with van der Waals surface area (Å²) in [6.07, 6.45) is 5.96. The predicted molar refractivity (Wildman–Crippen MR) is 183 cm³/mol. The summed E-state index contributed by atoms with van der Waals surface area (Å²) in [6, 6.07) is 18.8. The number of fused-ring (bicyclic) bond motifs is 1. The number of imide groups is 1. The lowest BCUT2D eigenvalue weighted by atomic mass is 9.89. The Morgan fingerprint density at radius 3 is 2.67 bits per heavy atom. The van der Waals surface area contributed by atoms with Gasteiger partial charge in [-0.05, 0) is 74.2 Å². The SMILES string of the molecule is N#Cc1ccc(OC2CC(NC(=O)c3ccc(-n4cc(CCCCOc5cccc6c5CN(C5CCC(=O)NC5=O)C6=O)nn4)cc3)C2)cc1Cl. The van der Waals surface area contributed by atoms with Gasteiger partial charge in [-0.2, -0.15) is 5.26 Å². The van der Waals surface area contributed by atoms with Gasteiger partial charge in [0.1, 0.15) is 29.7 Å². The number of nitriles is 1. The first-order valence-electron chi connectivity index (χ1n) is 16.8. The molecule has 260 valence electrons. The van der Waals surface area contributed by atoms with Gasteiger partial charge in [-0.1, -0.05) is 22.9 Å². The lowest BCUT2D eigenvalue weighted by Gasteiger charge is -2.35. The third kappa shape index (κ3) is 7.41. The summed E-state index contributed by atoms with van der Waals surface area (Å²) >= 11 is 6.09. The number of hydrogen-bond acceptors (Lipinski definition) is 9. The molecule has 1 unspecified atom stereocenters. The molecule has 13 nitrogen and oxygen atoms in total. The van der Waals surface area contributed by atoms with Crippen molar-refractivity contribution in [2.45, 2.75) is 69.7 Å². The number of carbonyl (C=O) groups excluding carboxylic acids is 4. The van der Waals surface area contributed by atoms with Gasteiger partial charge in [0.25, 0.3) is 11.8 Å². The van der Waals surface area contributed by atoms with E-state index in [0.717, 1.165) is 29.8 Å². The van der Waals surface area contributed by atoms with Gasteiger partial charge in [-0.3, -0.25) is 24.5 Å². The second kappa shape index (κ2) is 14.6. The fraction of sp³-hybridized carbons (Fsp3) is 0.324. The maximum Gasteiger partial charge on any atom is 0.255 e. The van der Waals surface area contributed by atoms with Crippen LogP contribution in [-0.2, 0) is 22.6 Å². The minimum atomic E-state index is -0.669. The second-order valence-corrected chi connectivity index (χ2v) is 13.2. The topological polar surface area (TPSA) is 169 Å². The molecule has 7 rings (SSSR count). The molecule has 1 aliphatic carbocycles. The first kappa shape index (κ1) is 33.7. The molecule has 4 aromatic rings. The van der Waals surface area contributed by atoms with E-state index in [1.165, 1.54) is 4.90 Å². The van der Waals surface area contributed by atoms with E-state index >= 15 is 0 Å². The minimum absolute atomic E-state index is 0.00681. The third-order valence-corrected chi connectivity index (χ3v) is 9.67. The van der Waals surface area contributed by atoms with Gasteiger partial charge in [0.2, 0.25) is 11.8 Å². The van der Waals surface area contributed by atoms with Crippen LogP contribution < -0.4 is 20.1 Å². The maximum atomic E-state index is 13.0. The highest BCUT2D eigenvalue weighted by molar-refractivity contribution is 6.31. The van der Waals surface area contributed by atoms with Crippen molar-refractivity contribution in [2.75, 3.05) is 6.61 Å². The molecule has 3 aliphatic rings. The van der Waals surface area contributed by atoms with E-state index in [1.807, 2.05) is 30.5 Å². The maximum absolute atomic E-state index is 13.0. The number of unbranched alkanes of at least 4 members (excludes halogenated alkanes) is 1. The molecule has 4 amide bonds. The van der Waals surface area contributed by atoms with Crippen molar-refractivity contribution in [3.05, 3.63) is 99.8 Å². The van der Waals surface area contributed by atoms with Crippen LogP contribution in [0.1, 0.15) is 76.1 Å². The summed E-state index contributed by atoms with van der Waals surface area (Å²) in [5.41, 5.74) is 3.83. The minimum Gasteiger partial charge on any atom is -0.493 e. The van der Waals surface area contributed by atoms with E-state index in [4.69, 9.17) is 26.3 Å². The van der Waals surface area contributed by atoms with Crippen LogP contribution in [-0.4, -0.2) is 68.3 Å². The molecular weight excluding hydrogens is 674 g/mol. The van der Waals surface area contributed by atoms with E-state index in [-0.39, 0.29) is 42.8 Å². The number of hydrogen-bond donors (Lipinski definition) is 2. The molecule has 1 aromatic heterocycles. The summed E-state index contributed by atoms with van der Waals surface area (Å²) in [4.78, 5) is 51.3. The zero-order valence-corrected chi connectivity index (χ0v) is 28.3. The molecule has 0 bridgehead atoms. The highest BCUT2D eigenvalue weighted by atomic mass is 35.5. The Kier molecular flexibility index (Phi) is 9.68. The number of benzene rings is 3. The first-order valence-corrected chi connectivity index (χ1v) is 17.2. The van der Waals surface area contributed by atoms with Crippen molar-refractivity contribution in [1.82, 2.24) is 30.5 Å². The molecule has 2 fully saturated rings. The number of aromatic nitrogens is 3. The van der Waals surface area contributed by atoms with Crippen molar-refractivity contribution < 1.29 is 28.7 Å². The van der Waals surface area contributed by atoms with Gasteiger partial charge in [0.15, 0.2) is 0 Å². The fourth-order valence-corrected chi connectivity index (χ4v) is 6.70. The van der Waals surface area contributed by atoms with Crippen LogP contribution in [0.25, 0.3) is 5.69 Å². The lowest BCUT2D eigenvalue weighted by Crippen LogP contribution is -2.52. The van der Waals surface area contributed by atoms with Crippen LogP contribution >= 0.6 is 11.6 Å². The second-order valence-electron chi connectivity index (χ2n) is 12.8.